The standard InChI is InChI=1S/C15H11Cl3N2O3/c16-11-4-2-1-3-10(11)15(22)20-19-14(21)8-23-9-5-6-12(17)13(18)7-9/h1-7H,8H2,(H,19,21)(H,20,22). The fraction of sp³-hybridized carbons (Fsp3) is 0.0667. The molecule has 23 heavy (non-hydrogen) atoms. The number of benzene rings is 2. The molecule has 2 aromatic rings. The van der Waals surface area contributed by atoms with E-state index < -0.39 is 11.8 Å². The number of nitrogens with one attached hydrogen (secondary N) is 2. The second-order valence-electron chi connectivity index (χ2n) is 4.35. The molecular formula is C15H11Cl3N2O3. The Bertz CT molecular complexity index is 738. The van der Waals surface area contributed by atoms with Gasteiger partial charge < -0.3 is 4.74 Å². The lowest BCUT2D eigenvalue weighted by Crippen LogP contribution is -2.43. The predicted octanol–water partition coefficient (Wildman–Crippen LogP) is 3.49. The Morgan fingerprint density at radius 3 is 2.35 bits per heavy atom. The van der Waals surface area contributed by atoms with E-state index in [9.17, 15) is 9.59 Å². The molecule has 8 heteroatoms. The van der Waals surface area contributed by atoms with Crippen LogP contribution in [0.25, 0.3) is 0 Å². The average Bonchev–Trinajstić information content (AvgIpc) is 2.54. The van der Waals surface area contributed by atoms with Crippen LogP contribution in [0.15, 0.2) is 42.5 Å². The molecular weight excluding hydrogens is 363 g/mol. The van der Waals surface area contributed by atoms with E-state index >= 15 is 0 Å². The van der Waals surface area contributed by atoms with Crippen LogP contribution in [-0.2, 0) is 4.79 Å². The average molecular weight is 374 g/mol. The van der Waals surface area contributed by atoms with Crippen molar-refractivity contribution < 1.29 is 14.3 Å². The van der Waals surface area contributed by atoms with Crippen LogP contribution in [0.4, 0.5) is 0 Å². The molecule has 0 spiro atoms. The second kappa shape index (κ2) is 8.06. The summed E-state index contributed by atoms with van der Waals surface area (Å²) in [5, 5.41) is 0.985. The SMILES string of the molecule is O=C(COc1ccc(Cl)c(Cl)c1)NNC(=O)c1ccccc1Cl. The highest BCUT2D eigenvalue weighted by molar-refractivity contribution is 6.42. The smallest absolute Gasteiger partial charge is 0.276 e. The third-order valence-electron chi connectivity index (χ3n) is 2.69. The quantitative estimate of drug-likeness (QED) is 0.806. The molecule has 0 atom stereocenters. The van der Waals surface area contributed by atoms with E-state index in [-0.39, 0.29) is 17.2 Å². The lowest BCUT2D eigenvalue weighted by molar-refractivity contribution is -0.123. The van der Waals surface area contributed by atoms with Gasteiger partial charge in [-0.25, -0.2) is 0 Å². The summed E-state index contributed by atoms with van der Waals surface area (Å²) in [7, 11) is 0. The summed E-state index contributed by atoms with van der Waals surface area (Å²) in [6, 6.07) is 11.1. The summed E-state index contributed by atoms with van der Waals surface area (Å²) in [6.45, 7) is -0.305. The molecule has 0 saturated carbocycles. The Morgan fingerprint density at radius 1 is 0.913 bits per heavy atom. The summed E-state index contributed by atoms with van der Waals surface area (Å²) >= 11 is 17.5. The minimum Gasteiger partial charge on any atom is -0.484 e. The van der Waals surface area contributed by atoms with Gasteiger partial charge in [-0.2, -0.15) is 0 Å². The van der Waals surface area contributed by atoms with E-state index in [0.717, 1.165) is 0 Å². The van der Waals surface area contributed by atoms with Gasteiger partial charge in [0.05, 0.1) is 20.6 Å². The first-order valence-electron chi connectivity index (χ1n) is 6.39. The zero-order chi connectivity index (χ0) is 16.8. The van der Waals surface area contributed by atoms with Crippen molar-refractivity contribution in [2.75, 3.05) is 6.61 Å². The first kappa shape index (κ1) is 17.4. The zero-order valence-electron chi connectivity index (χ0n) is 11.6. The molecule has 0 unspecified atom stereocenters. The summed E-state index contributed by atoms with van der Waals surface area (Å²) in [5.41, 5.74) is 4.72. The Labute approximate surface area is 147 Å². The van der Waals surface area contributed by atoms with Crippen LogP contribution >= 0.6 is 34.8 Å². The number of ether oxygens (including phenoxy) is 1. The number of rotatable bonds is 4. The van der Waals surface area contributed by atoms with Crippen molar-refractivity contribution in [3.63, 3.8) is 0 Å². The number of hydrogen-bond donors (Lipinski definition) is 2. The fourth-order valence-corrected chi connectivity index (χ4v) is 2.10. The van der Waals surface area contributed by atoms with Gasteiger partial charge in [0.25, 0.3) is 11.8 Å². The number of amides is 2. The molecule has 0 heterocycles. The van der Waals surface area contributed by atoms with E-state index in [1.807, 2.05) is 0 Å². The first-order valence-corrected chi connectivity index (χ1v) is 7.52. The molecule has 0 aliphatic heterocycles. The minimum absolute atomic E-state index is 0.250. The first-order chi connectivity index (χ1) is 11.0. The highest BCUT2D eigenvalue weighted by Crippen LogP contribution is 2.26. The van der Waals surface area contributed by atoms with Gasteiger partial charge in [-0.15, -0.1) is 0 Å². The second-order valence-corrected chi connectivity index (χ2v) is 5.57. The maximum atomic E-state index is 11.8. The molecule has 0 saturated heterocycles. The van der Waals surface area contributed by atoms with Gasteiger partial charge in [0.1, 0.15) is 5.75 Å². The summed E-state index contributed by atoms with van der Waals surface area (Å²) < 4.78 is 5.23. The molecule has 0 aliphatic rings. The molecule has 2 aromatic carbocycles. The van der Waals surface area contributed by atoms with Crippen molar-refractivity contribution in [1.29, 1.82) is 0 Å². The topological polar surface area (TPSA) is 67.4 Å². The van der Waals surface area contributed by atoms with Crippen LogP contribution in [0, 0.1) is 0 Å². The van der Waals surface area contributed by atoms with E-state index in [1.54, 1.807) is 30.3 Å². The lowest BCUT2D eigenvalue weighted by atomic mass is 10.2. The number of hydrazine groups is 1. The van der Waals surface area contributed by atoms with Crippen molar-refractivity contribution in [3.8, 4) is 5.75 Å². The summed E-state index contributed by atoms with van der Waals surface area (Å²) in [5.74, 6) is -0.693. The molecule has 0 radical (unpaired) electrons. The van der Waals surface area contributed by atoms with Crippen molar-refractivity contribution in [1.82, 2.24) is 10.9 Å². The van der Waals surface area contributed by atoms with E-state index in [1.165, 1.54) is 12.1 Å². The van der Waals surface area contributed by atoms with Crippen molar-refractivity contribution in [3.05, 3.63) is 63.1 Å². The van der Waals surface area contributed by atoms with Crippen LogP contribution < -0.4 is 15.6 Å². The summed E-state index contributed by atoms with van der Waals surface area (Å²) in [4.78, 5) is 23.5. The van der Waals surface area contributed by atoms with Crippen LogP contribution in [0.5, 0.6) is 5.75 Å². The van der Waals surface area contributed by atoms with Crippen molar-refractivity contribution in [2.45, 2.75) is 0 Å². The molecule has 0 fully saturated rings. The van der Waals surface area contributed by atoms with Crippen LogP contribution in [0.2, 0.25) is 15.1 Å². The van der Waals surface area contributed by atoms with Crippen LogP contribution in [-0.4, -0.2) is 18.4 Å². The van der Waals surface area contributed by atoms with Gasteiger partial charge in [0.15, 0.2) is 6.61 Å². The molecule has 0 aromatic heterocycles. The van der Waals surface area contributed by atoms with E-state index in [4.69, 9.17) is 39.5 Å². The largest absolute Gasteiger partial charge is 0.484 e. The third kappa shape index (κ3) is 5.03. The Hall–Kier alpha value is -1.95. The zero-order valence-corrected chi connectivity index (χ0v) is 13.9. The van der Waals surface area contributed by atoms with Crippen LogP contribution in [0.1, 0.15) is 10.4 Å². The lowest BCUT2D eigenvalue weighted by Gasteiger charge is -2.10. The maximum Gasteiger partial charge on any atom is 0.276 e. The maximum absolute atomic E-state index is 11.8. The normalized spacial score (nSPS) is 10.0. The molecule has 120 valence electrons. The highest BCUT2D eigenvalue weighted by atomic mass is 35.5. The van der Waals surface area contributed by atoms with Gasteiger partial charge in [-0.05, 0) is 24.3 Å². The third-order valence-corrected chi connectivity index (χ3v) is 3.76. The molecule has 2 N–H and O–H groups in total. The molecule has 0 aliphatic carbocycles. The number of halogens is 3. The Kier molecular flexibility index (Phi) is 6.10. The number of hydrogen-bond acceptors (Lipinski definition) is 3. The van der Waals surface area contributed by atoms with E-state index in [2.05, 4.69) is 10.9 Å². The molecule has 5 nitrogen and oxygen atoms in total. The Balaban J connectivity index is 1.82. The number of carbonyl (C=O) groups is 2. The van der Waals surface area contributed by atoms with Gasteiger partial charge >= 0.3 is 0 Å². The van der Waals surface area contributed by atoms with Gasteiger partial charge in [0.2, 0.25) is 0 Å². The molecule has 0 bridgehead atoms. The monoisotopic (exact) mass is 372 g/mol. The summed E-state index contributed by atoms with van der Waals surface area (Å²) in [6.07, 6.45) is 0. The van der Waals surface area contributed by atoms with Crippen LogP contribution in [0.3, 0.4) is 0 Å². The molecule has 2 rings (SSSR count). The van der Waals surface area contributed by atoms with Gasteiger partial charge in [0, 0.05) is 6.07 Å². The predicted molar refractivity (Wildman–Crippen MR) is 89.0 cm³/mol. The van der Waals surface area contributed by atoms with E-state index in [0.29, 0.717) is 15.8 Å². The van der Waals surface area contributed by atoms with Gasteiger partial charge in [-0.3, -0.25) is 20.4 Å². The van der Waals surface area contributed by atoms with Gasteiger partial charge in [-0.1, -0.05) is 46.9 Å². The molecule has 2 amide bonds. The Morgan fingerprint density at radius 2 is 1.65 bits per heavy atom. The fourth-order valence-electron chi connectivity index (χ4n) is 1.59. The highest BCUT2D eigenvalue weighted by Gasteiger charge is 2.11. The number of carbonyl (C=O) groups excluding carboxylic acids is 2. The van der Waals surface area contributed by atoms with Crippen molar-refractivity contribution in [2.24, 2.45) is 0 Å². The van der Waals surface area contributed by atoms with Crippen molar-refractivity contribution >= 4 is 46.6 Å². The minimum atomic E-state index is -0.545.